The summed E-state index contributed by atoms with van der Waals surface area (Å²) in [5.41, 5.74) is 0.746. The third kappa shape index (κ3) is 4.71. The van der Waals surface area contributed by atoms with E-state index in [1.165, 1.54) is 44.8 Å². The second-order valence-corrected chi connectivity index (χ2v) is 16.3. The Balaban J connectivity index is 1.21. The number of Topliss-reactive ketones (excluding diaryl/α,β-unsaturated/α-hetero) is 1. The number of nitrogens with zero attached hydrogens (tertiary/aromatic N) is 1. The summed E-state index contributed by atoms with van der Waals surface area (Å²) in [6.45, 7) is 8.19. The van der Waals surface area contributed by atoms with Crippen molar-refractivity contribution in [2.75, 3.05) is 18.6 Å². The van der Waals surface area contributed by atoms with Crippen LogP contribution in [0.1, 0.15) is 104 Å². The van der Waals surface area contributed by atoms with Crippen molar-refractivity contribution >= 4 is 21.5 Å². The zero-order valence-corrected chi connectivity index (χ0v) is 24.0. The van der Waals surface area contributed by atoms with E-state index in [2.05, 4.69) is 20.8 Å². The molecule has 0 aromatic rings. The van der Waals surface area contributed by atoms with E-state index in [1.807, 2.05) is 4.90 Å². The second kappa shape index (κ2) is 9.68. The minimum atomic E-state index is -3.07. The summed E-state index contributed by atoms with van der Waals surface area (Å²) in [6, 6.07) is -0.127. The Bertz CT molecular complexity index is 977. The van der Waals surface area contributed by atoms with Crippen LogP contribution in [0.15, 0.2) is 0 Å². The SMILES string of the molecule is C[C@H](CCC(=O)N1CCC[C@@H]1CS(C)(=O)=O)[C@H]1CC[C@H]2[C@@H]3CC[C@@H]4CC(=O)CC[C@]4(C)[C@H]3CC[C@]12C. The lowest BCUT2D eigenvalue weighted by molar-refractivity contribution is -0.140. The molecule has 6 heteroatoms. The topological polar surface area (TPSA) is 71.5 Å². The Morgan fingerprint density at radius 1 is 1.03 bits per heavy atom. The van der Waals surface area contributed by atoms with Gasteiger partial charge < -0.3 is 4.90 Å². The number of rotatable bonds is 6. The van der Waals surface area contributed by atoms with E-state index in [0.29, 0.717) is 47.3 Å². The molecule has 1 aliphatic heterocycles. The standard InChI is InChI=1S/C30H49NO4S/c1-20(7-12-28(33)31-17-5-6-22(31)19-36(4,34)35)25-10-11-26-24-9-8-21-18-23(32)13-15-29(21,2)27(24)14-16-30(25,26)3/h20-22,24-27H,5-19H2,1-4H3/t20-,21-,22-,24+,25-,26+,27+,29+,30-/m1/s1. The Kier molecular flexibility index (Phi) is 7.18. The molecule has 5 aliphatic rings. The van der Waals surface area contributed by atoms with Gasteiger partial charge in [-0.2, -0.15) is 0 Å². The number of carbonyl (C=O) groups is 2. The Morgan fingerprint density at radius 3 is 2.53 bits per heavy atom. The molecule has 5 nitrogen and oxygen atoms in total. The zero-order valence-electron chi connectivity index (χ0n) is 23.1. The van der Waals surface area contributed by atoms with Crippen molar-refractivity contribution in [3.05, 3.63) is 0 Å². The van der Waals surface area contributed by atoms with Crippen molar-refractivity contribution in [1.82, 2.24) is 4.90 Å². The lowest BCUT2D eigenvalue weighted by Crippen LogP contribution is -2.53. The van der Waals surface area contributed by atoms with Gasteiger partial charge >= 0.3 is 0 Å². The van der Waals surface area contributed by atoms with E-state index in [9.17, 15) is 18.0 Å². The van der Waals surface area contributed by atoms with E-state index < -0.39 is 9.84 Å². The fourth-order valence-electron chi connectivity index (χ4n) is 10.4. The van der Waals surface area contributed by atoms with Crippen molar-refractivity contribution in [3.63, 3.8) is 0 Å². The molecule has 0 spiro atoms. The number of amides is 1. The first-order valence-corrected chi connectivity index (χ1v) is 17.0. The smallest absolute Gasteiger partial charge is 0.222 e. The van der Waals surface area contributed by atoms with Crippen LogP contribution < -0.4 is 0 Å². The van der Waals surface area contributed by atoms with Crippen molar-refractivity contribution in [2.24, 2.45) is 46.3 Å². The molecular weight excluding hydrogens is 470 g/mol. The molecule has 1 heterocycles. The molecule has 204 valence electrons. The summed E-state index contributed by atoms with van der Waals surface area (Å²) in [7, 11) is -3.07. The Labute approximate surface area is 219 Å². The molecule has 0 aromatic carbocycles. The van der Waals surface area contributed by atoms with Gasteiger partial charge in [0.15, 0.2) is 0 Å². The number of hydrogen-bond donors (Lipinski definition) is 0. The van der Waals surface area contributed by atoms with Crippen LogP contribution in [0.25, 0.3) is 0 Å². The number of ketones is 1. The first kappa shape index (κ1) is 26.7. The third-order valence-corrected chi connectivity index (χ3v) is 13.2. The molecule has 4 saturated carbocycles. The van der Waals surface area contributed by atoms with E-state index in [-0.39, 0.29) is 17.7 Å². The fourth-order valence-corrected chi connectivity index (χ4v) is 11.4. The highest BCUT2D eigenvalue weighted by atomic mass is 32.2. The fraction of sp³-hybridized carbons (Fsp3) is 0.933. The van der Waals surface area contributed by atoms with Gasteiger partial charge in [-0.15, -0.1) is 0 Å². The average molecular weight is 520 g/mol. The van der Waals surface area contributed by atoms with Gasteiger partial charge in [0.05, 0.1) is 5.75 Å². The van der Waals surface area contributed by atoms with Gasteiger partial charge in [-0.05, 0) is 111 Å². The maximum absolute atomic E-state index is 13.1. The molecule has 4 aliphatic carbocycles. The second-order valence-electron chi connectivity index (χ2n) is 14.1. The van der Waals surface area contributed by atoms with Crippen LogP contribution in [0.3, 0.4) is 0 Å². The van der Waals surface area contributed by atoms with Crippen molar-refractivity contribution in [3.8, 4) is 0 Å². The highest BCUT2D eigenvalue weighted by Crippen LogP contribution is 2.68. The minimum absolute atomic E-state index is 0.104. The van der Waals surface area contributed by atoms with Crippen LogP contribution in [0.4, 0.5) is 0 Å². The molecule has 9 atom stereocenters. The molecule has 36 heavy (non-hydrogen) atoms. The summed E-state index contributed by atoms with van der Waals surface area (Å²) < 4.78 is 23.6. The van der Waals surface area contributed by atoms with Crippen molar-refractivity contribution in [2.45, 2.75) is 110 Å². The molecule has 5 rings (SSSR count). The molecule has 0 unspecified atom stereocenters. The molecule has 0 aromatic heterocycles. The van der Waals surface area contributed by atoms with E-state index in [0.717, 1.165) is 56.3 Å². The molecule has 0 N–H and O–H groups in total. The summed E-state index contributed by atoms with van der Waals surface area (Å²) in [4.78, 5) is 27.2. The zero-order chi connectivity index (χ0) is 25.9. The Morgan fingerprint density at radius 2 is 1.78 bits per heavy atom. The normalized spacial score (nSPS) is 43.6. The van der Waals surface area contributed by atoms with Gasteiger partial charge in [0.1, 0.15) is 15.6 Å². The lowest BCUT2D eigenvalue weighted by atomic mass is 9.44. The maximum atomic E-state index is 13.1. The number of likely N-dealkylation sites (tertiary alicyclic amines) is 1. The van der Waals surface area contributed by atoms with E-state index >= 15 is 0 Å². The van der Waals surface area contributed by atoms with E-state index in [1.54, 1.807) is 0 Å². The predicted octanol–water partition coefficient (Wildman–Crippen LogP) is 5.67. The van der Waals surface area contributed by atoms with Gasteiger partial charge in [0.25, 0.3) is 0 Å². The van der Waals surface area contributed by atoms with Crippen molar-refractivity contribution < 1.29 is 18.0 Å². The van der Waals surface area contributed by atoms with Gasteiger partial charge in [-0.25, -0.2) is 8.42 Å². The van der Waals surface area contributed by atoms with Gasteiger partial charge in [0, 0.05) is 38.1 Å². The molecule has 5 fully saturated rings. The average Bonchev–Trinajstić information content (AvgIpc) is 3.40. The quantitative estimate of drug-likeness (QED) is 0.454. The number of carbonyl (C=O) groups excluding carboxylic acids is 2. The first-order chi connectivity index (χ1) is 16.9. The van der Waals surface area contributed by atoms with Crippen molar-refractivity contribution in [1.29, 1.82) is 0 Å². The van der Waals surface area contributed by atoms with Crippen LogP contribution in [0.5, 0.6) is 0 Å². The molecule has 1 saturated heterocycles. The molecule has 0 bridgehead atoms. The number of sulfone groups is 1. The summed E-state index contributed by atoms with van der Waals surface area (Å²) in [6.07, 6.45) is 15.0. The molecular formula is C30H49NO4S. The van der Waals surface area contributed by atoms with Crippen LogP contribution in [-0.2, 0) is 19.4 Å². The molecule has 0 radical (unpaired) electrons. The van der Waals surface area contributed by atoms with Gasteiger partial charge in [-0.1, -0.05) is 20.8 Å². The monoisotopic (exact) mass is 519 g/mol. The third-order valence-electron chi connectivity index (χ3n) is 12.2. The van der Waals surface area contributed by atoms with E-state index in [4.69, 9.17) is 0 Å². The summed E-state index contributed by atoms with van der Waals surface area (Å²) >= 11 is 0. The van der Waals surface area contributed by atoms with Crippen LogP contribution in [-0.4, -0.2) is 49.6 Å². The highest BCUT2D eigenvalue weighted by Gasteiger charge is 2.60. The van der Waals surface area contributed by atoms with Crippen LogP contribution in [0.2, 0.25) is 0 Å². The maximum Gasteiger partial charge on any atom is 0.222 e. The Hall–Kier alpha value is -0.910. The first-order valence-electron chi connectivity index (χ1n) is 14.9. The number of fused-ring (bicyclic) bond motifs is 5. The van der Waals surface area contributed by atoms with Gasteiger partial charge in [-0.3, -0.25) is 9.59 Å². The summed E-state index contributed by atoms with van der Waals surface area (Å²) in [5, 5.41) is 0. The van der Waals surface area contributed by atoms with Gasteiger partial charge in [0.2, 0.25) is 5.91 Å². The molecule has 1 amide bonds. The van der Waals surface area contributed by atoms with Crippen LogP contribution >= 0.6 is 0 Å². The largest absolute Gasteiger partial charge is 0.339 e. The minimum Gasteiger partial charge on any atom is -0.339 e. The predicted molar refractivity (Wildman–Crippen MR) is 143 cm³/mol. The summed E-state index contributed by atoms with van der Waals surface area (Å²) in [5.74, 6) is 4.99. The van der Waals surface area contributed by atoms with Crippen LogP contribution in [0, 0.1) is 46.3 Å². The lowest BCUT2D eigenvalue weighted by Gasteiger charge is -2.60. The number of hydrogen-bond acceptors (Lipinski definition) is 4. The highest BCUT2D eigenvalue weighted by molar-refractivity contribution is 7.90.